The fourth-order valence-corrected chi connectivity index (χ4v) is 6.36. The van der Waals surface area contributed by atoms with Gasteiger partial charge in [-0.3, -0.25) is 9.59 Å². The number of benzene rings is 4. The lowest BCUT2D eigenvalue weighted by Crippen LogP contribution is -2.50. The molecule has 0 saturated heterocycles. The maximum absolute atomic E-state index is 13.9. The Hall–Kier alpha value is -5.35. The molecule has 1 aromatic heterocycles. The molecule has 48 heavy (non-hydrogen) atoms. The molecule has 0 spiro atoms. The standard InChI is InChI=1S/C38H41N5O5/c1-24-20-43(25(2)23-44)37(46)31-19-28(39-36(45)18-27-21-41(3)33-15-8-7-13-30(27)33)16-17-34(31)48-35(24)22-42(4)38(47)40-32-14-9-11-26-10-5-6-12-29(26)32/h5-17,19,21,24-25,35,44H,18,20,22-23H2,1-4H3,(H,39,45)(H,40,47)/t24-,25-,35+/m0/s1. The summed E-state index contributed by atoms with van der Waals surface area (Å²) in [5, 5.41) is 19.0. The molecule has 0 fully saturated rings. The van der Waals surface area contributed by atoms with E-state index in [1.54, 1.807) is 42.0 Å². The van der Waals surface area contributed by atoms with Crippen molar-refractivity contribution in [2.45, 2.75) is 32.4 Å². The van der Waals surface area contributed by atoms with E-state index in [0.29, 0.717) is 23.7 Å². The molecular formula is C38H41N5O5. The van der Waals surface area contributed by atoms with Gasteiger partial charge in [-0.15, -0.1) is 0 Å². The van der Waals surface area contributed by atoms with Gasteiger partial charge in [0.05, 0.1) is 36.9 Å². The average Bonchev–Trinajstić information content (AvgIpc) is 3.40. The van der Waals surface area contributed by atoms with E-state index >= 15 is 0 Å². The summed E-state index contributed by atoms with van der Waals surface area (Å²) in [5.74, 6) is -0.342. The number of likely N-dealkylation sites (N-methyl/N-ethyl adjacent to an activating group) is 1. The number of amides is 4. The second-order valence-electron chi connectivity index (χ2n) is 12.7. The van der Waals surface area contributed by atoms with E-state index in [-0.39, 0.29) is 48.9 Å². The number of hydrogen-bond donors (Lipinski definition) is 3. The molecule has 3 N–H and O–H groups in total. The molecule has 248 valence electrons. The van der Waals surface area contributed by atoms with Crippen LogP contribution in [0.1, 0.15) is 29.8 Å². The Morgan fingerprint density at radius 3 is 2.52 bits per heavy atom. The third-order valence-corrected chi connectivity index (χ3v) is 9.11. The lowest BCUT2D eigenvalue weighted by molar-refractivity contribution is -0.115. The van der Waals surface area contributed by atoms with Gasteiger partial charge in [0.15, 0.2) is 0 Å². The van der Waals surface area contributed by atoms with E-state index < -0.39 is 12.1 Å². The third-order valence-electron chi connectivity index (χ3n) is 9.11. The quantitative estimate of drug-likeness (QED) is 0.194. The maximum atomic E-state index is 13.9. The Labute approximate surface area is 279 Å². The van der Waals surface area contributed by atoms with Crippen molar-refractivity contribution in [3.63, 3.8) is 0 Å². The van der Waals surface area contributed by atoms with Crippen molar-refractivity contribution in [3.8, 4) is 5.75 Å². The number of aliphatic hydroxyl groups excluding tert-OH is 1. The average molecular weight is 648 g/mol. The molecule has 10 nitrogen and oxygen atoms in total. The number of aliphatic hydroxyl groups is 1. The van der Waals surface area contributed by atoms with Crippen LogP contribution in [-0.2, 0) is 18.3 Å². The van der Waals surface area contributed by atoms with E-state index in [1.807, 2.05) is 91.5 Å². The monoisotopic (exact) mass is 647 g/mol. The molecule has 10 heteroatoms. The molecule has 4 aromatic carbocycles. The largest absolute Gasteiger partial charge is 0.487 e. The molecule has 4 amide bonds. The Morgan fingerprint density at radius 1 is 1.00 bits per heavy atom. The summed E-state index contributed by atoms with van der Waals surface area (Å²) in [5.41, 5.74) is 3.40. The van der Waals surface area contributed by atoms with Gasteiger partial charge >= 0.3 is 6.03 Å². The number of ether oxygens (including phenoxy) is 1. The van der Waals surface area contributed by atoms with E-state index in [0.717, 1.165) is 27.2 Å². The first-order valence-electron chi connectivity index (χ1n) is 16.2. The SMILES string of the molecule is C[C@H]1CN([C@@H](C)CO)C(=O)c2cc(NC(=O)Cc3cn(C)c4ccccc34)ccc2O[C@@H]1CN(C)C(=O)Nc1cccc2ccccc12. The molecule has 1 aliphatic rings. The number of rotatable bonds is 8. The first-order chi connectivity index (χ1) is 23.1. The highest BCUT2D eigenvalue weighted by Gasteiger charge is 2.34. The Balaban J connectivity index is 1.22. The first kappa shape index (κ1) is 32.6. The number of aromatic nitrogens is 1. The van der Waals surface area contributed by atoms with E-state index in [1.165, 1.54) is 0 Å². The summed E-state index contributed by atoms with van der Waals surface area (Å²) in [7, 11) is 3.66. The topological polar surface area (TPSA) is 116 Å². The van der Waals surface area contributed by atoms with E-state index in [9.17, 15) is 19.5 Å². The van der Waals surface area contributed by atoms with Gasteiger partial charge in [-0.25, -0.2) is 4.79 Å². The van der Waals surface area contributed by atoms with Crippen LogP contribution in [-0.4, -0.2) is 76.2 Å². The number of carbonyl (C=O) groups is 3. The van der Waals surface area contributed by atoms with Crippen LogP contribution in [0.4, 0.5) is 16.2 Å². The Kier molecular flexibility index (Phi) is 9.36. The van der Waals surface area contributed by atoms with Gasteiger partial charge < -0.3 is 34.8 Å². The predicted octanol–water partition coefficient (Wildman–Crippen LogP) is 5.90. The first-order valence-corrected chi connectivity index (χ1v) is 16.2. The number of hydrogen-bond acceptors (Lipinski definition) is 5. The number of para-hydroxylation sites is 1. The molecule has 1 aliphatic heterocycles. The highest BCUT2D eigenvalue weighted by Crippen LogP contribution is 2.31. The fourth-order valence-electron chi connectivity index (χ4n) is 6.36. The van der Waals surface area contributed by atoms with Crippen molar-refractivity contribution < 1.29 is 24.2 Å². The number of carbonyl (C=O) groups excluding carboxylic acids is 3. The summed E-state index contributed by atoms with van der Waals surface area (Å²) in [6, 6.07) is 25.9. The smallest absolute Gasteiger partial charge is 0.321 e. The number of aryl methyl sites for hydroxylation is 1. The van der Waals surface area contributed by atoms with Crippen LogP contribution >= 0.6 is 0 Å². The molecule has 0 unspecified atom stereocenters. The van der Waals surface area contributed by atoms with Crippen LogP contribution in [0.3, 0.4) is 0 Å². The van der Waals surface area contributed by atoms with Crippen LogP contribution in [0.25, 0.3) is 21.7 Å². The van der Waals surface area contributed by atoms with Gasteiger partial charge in [0.2, 0.25) is 5.91 Å². The van der Waals surface area contributed by atoms with E-state index in [2.05, 4.69) is 10.6 Å². The molecule has 0 radical (unpaired) electrons. The molecule has 0 saturated carbocycles. The van der Waals surface area contributed by atoms with Gasteiger partial charge in [-0.1, -0.05) is 61.5 Å². The third kappa shape index (κ3) is 6.70. The number of anilines is 2. The summed E-state index contributed by atoms with van der Waals surface area (Å²) < 4.78 is 8.48. The van der Waals surface area contributed by atoms with Gasteiger partial charge in [-0.2, -0.15) is 0 Å². The summed E-state index contributed by atoms with van der Waals surface area (Å²) in [6.07, 6.45) is 1.65. The zero-order valence-corrected chi connectivity index (χ0v) is 27.6. The molecule has 0 aliphatic carbocycles. The minimum Gasteiger partial charge on any atom is -0.487 e. The van der Waals surface area contributed by atoms with Crippen LogP contribution in [0, 0.1) is 5.92 Å². The van der Waals surface area contributed by atoms with Crippen LogP contribution < -0.4 is 15.4 Å². The van der Waals surface area contributed by atoms with Gasteiger partial charge in [0.25, 0.3) is 5.91 Å². The van der Waals surface area contributed by atoms with Crippen LogP contribution in [0.2, 0.25) is 0 Å². The zero-order chi connectivity index (χ0) is 33.9. The molecule has 0 bridgehead atoms. The molecule has 2 heterocycles. The van der Waals surface area contributed by atoms with E-state index in [4.69, 9.17) is 4.74 Å². The molecule has 3 atom stereocenters. The highest BCUT2D eigenvalue weighted by atomic mass is 16.5. The van der Waals surface area contributed by atoms with Crippen molar-refractivity contribution in [1.82, 2.24) is 14.4 Å². The lowest BCUT2D eigenvalue weighted by atomic mass is 9.99. The number of fused-ring (bicyclic) bond motifs is 3. The normalized spacial score (nSPS) is 16.9. The van der Waals surface area contributed by atoms with Crippen LogP contribution in [0.15, 0.2) is 91.1 Å². The maximum Gasteiger partial charge on any atom is 0.321 e. The number of nitrogens with zero attached hydrogens (tertiary/aromatic N) is 3. The predicted molar refractivity (Wildman–Crippen MR) is 188 cm³/mol. The summed E-state index contributed by atoms with van der Waals surface area (Å²) in [4.78, 5) is 43.7. The second-order valence-corrected chi connectivity index (χ2v) is 12.7. The summed E-state index contributed by atoms with van der Waals surface area (Å²) >= 11 is 0. The van der Waals surface area contributed by atoms with Crippen molar-refractivity contribution in [3.05, 3.63) is 102 Å². The minimum absolute atomic E-state index is 0.170. The highest BCUT2D eigenvalue weighted by molar-refractivity contribution is 6.02. The summed E-state index contributed by atoms with van der Waals surface area (Å²) in [6.45, 7) is 4.10. The zero-order valence-electron chi connectivity index (χ0n) is 27.6. The van der Waals surface area contributed by atoms with Crippen molar-refractivity contribution >= 4 is 50.9 Å². The van der Waals surface area contributed by atoms with Gasteiger partial charge in [0, 0.05) is 54.7 Å². The van der Waals surface area contributed by atoms with Crippen molar-refractivity contribution in [2.24, 2.45) is 13.0 Å². The Bertz CT molecular complexity index is 1980. The van der Waals surface area contributed by atoms with Crippen molar-refractivity contribution in [2.75, 3.05) is 37.4 Å². The number of nitrogens with one attached hydrogen (secondary N) is 2. The lowest BCUT2D eigenvalue weighted by Gasteiger charge is -2.38. The Morgan fingerprint density at radius 2 is 1.73 bits per heavy atom. The van der Waals surface area contributed by atoms with Crippen LogP contribution in [0.5, 0.6) is 5.75 Å². The minimum atomic E-state index is -0.472. The molecule has 5 aromatic rings. The van der Waals surface area contributed by atoms with Crippen molar-refractivity contribution in [1.29, 1.82) is 0 Å². The molecular weight excluding hydrogens is 606 g/mol. The van der Waals surface area contributed by atoms with Gasteiger partial charge in [0.1, 0.15) is 11.9 Å². The second kappa shape index (κ2) is 13.8. The fraction of sp³-hybridized carbons (Fsp3) is 0.289. The number of urea groups is 1. The molecule has 6 rings (SSSR count). The van der Waals surface area contributed by atoms with Gasteiger partial charge in [-0.05, 0) is 48.2 Å².